The van der Waals surface area contributed by atoms with Gasteiger partial charge in [0, 0.05) is 12.0 Å². The Bertz CT molecular complexity index is 943. The SMILES string of the molecule is CC(C)(C)c1ccc(C2(CNC(=O)c3cccc4cncn34)CC2)cc1. The van der Waals surface area contributed by atoms with E-state index in [1.165, 1.54) is 11.1 Å². The first kappa shape index (κ1) is 16.8. The number of nitrogens with zero attached hydrogens (tertiary/aromatic N) is 2. The molecule has 0 radical (unpaired) electrons. The maximum Gasteiger partial charge on any atom is 0.268 e. The maximum absolute atomic E-state index is 12.7. The van der Waals surface area contributed by atoms with E-state index in [1.54, 1.807) is 12.5 Å². The zero-order valence-corrected chi connectivity index (χ0v) is 15.6. The molecule has 0 bridgehead atoms. The Hall–Kier alpha value is -2.62. The minimum Gasteiger partial charge on any atom is -0.350 e. The highest BCUT2D eigenvalue weighted by atomic mass is 16.1. The molecule has 1 aliphatic carbocycles. The number of benzene rings is 1. The number of hydrogen-bond donors (Lipinski definition) is 1. The Morgan fingerprint density at radius 3 is 2.54 bits per heavy atom. The lowest BCUT2D eigenvalue weighted by Gasteiger charge is -2.21. The summed E-state index contributed by atoms with van der Waals surface area (Å²) in [6, 6.07) is 14.6. The van der Waals surface area contributed by atoms with Gasteiger partial charge in [-0.1, -0.05) is 51.1 Å². The molecule has 1 saturated carbocycles. The van der Waals surface area contributed by atoms with Gasteiger partial charge in [0.15, 0.2) is 0 Å². The molecule has 1 aliphatic rings. The van der Waals surface area contributed by atoms with Crippen LogP contribution in [0.5, 0.6) is 0 Å². The molecule has 1 fully saturated rings. The van der Waals surface area contributed by atoms with Crippen LogP contribution in [-0.2, 0) is 10.8 Å². The molecular formula is C22H25N3O. The topological polar surface area (TPSA) is 46.4 Å². The summed E-state index contributed by atoms with van der Waals surface area (Å²) >= 11 is 0. The average Bonchev–Trinajstić information content (AvgIpc) is 3.26. The monoisotopic (exact) mass is 347 g/mol. The third-order valence-electron chi connectivity index (χ3n) is 5.48. The largest absolute Gasteiger partial charge is 0.350 e. The summed E-state index contributed by atoms with van der Waals surface area (Å²) in [5, 5.41) is 3.14. The van der Waals surface area contributed by atoms with Crippen LogP contribution in [-0.4, -0.2) is 21.8 Å². The van der Waals surface area contributed by atoms with Crippen LogP contribution in [0.3, 0.4) is 0 Å². The van der Waals surface area contributed by atoms with Gasteiger partial charge in [-0.2, -0.15) is 0 Å². The molecule has 0 aliphatic heterocycles. The van der Waals surface area contributed by atoms with Crippen LogP contribution in [0.1, 0.15) is 55.2 Å². The Labute approximate surface area is 154 Å². The number of rotatable bonds is 4. The number of amides is 1. The molecule has 1 N–H and O–H groups in total. The minimum absolute atomic E-state index is 0.0498. The molecule has 26 heavy (non-hydrogen) atoms. The van der Waals surface area contributed by atoms with Crippen molar-refractivity contribution < 1.29 is 4.79 Å². The van der Waals surface area contributed by atoms with E-state index in [9.17, 15) is 4.79 Å². The van der Waals surface area contributed by atoms with Crippen LogP contribution in [0.2, 0.25) is 0 Å². The minimum atomic E-state index is -0.0498. The summed E-state index contributed by atoms with van der Waals surface area (Å²) < 4.78 is 1.83. The Kier molecular flexibility index (Phi) is 3.87. The second-order valence-electron chi connectivity index (χ2n) is 8.39. The van der Waals surface area contributed by atoms with Gasteiger partial charge in [0.25, 0.3) is 5.91 Å². The number of hydrogen-bond acceptors (Lipinski definition) is 2. The number of fused-ring (bicyclic) bond motifs is 1. The summed E-state index contributed by atoms with van der Waals surface area (Å²) in [6.07, 6.45) is 5.69. The highest BCUT2D eigenvalue weighted by molar-refractivity contribution is 5.93. The van der Waals surface area contributed by atoms with Crippen LogP contribution in [0.25, 0.3) is 5.52 Å². The van der Waals surface area contributed by atoms with Crippen molar-refractivity contribution in [2.75, 3.05) is 6.54 Å². The van der Waals surface area contributed by atoms with Crippen LogP contribution >= 0.6 is 0 Å². The zero-order valence-electron chi connectivity index (χ0n) is 15.6. The van der Waals surface area contributed by atoms with Gasteiger partial charge >= 0.3 is 0 Å². The lowest BCUT2D eigenvalue weighted by atomic mass is 9.85. The summed E-state index contributed by atoms with van der Waals surface area (Å²) in [5.74, 6) is -0.0498. The van der Waals surface area contributed by atoms with Gasteiger partial charge in [0.1, 0.15) is 5.69 Å². The number of carbonyl (C=O) groups excluding carboxylic acids is 1. The van der Waals surface area contributed by atoms with Gasteiger partial charge in [0.2, 0.25) is 0 Å². The third-order valence-corrected chi connectivity index (χ3v) is 5.48. The van der Waals surface area contributed by atoms with Gasteiger partial charge in [-0.3, -0.25) is 9.20 Å². The van der Waals surface area contributed by atoms with Crippen LogP contribution in [0.15, 0.2) is 55.0 Å². The molecule has 4 rings (SSSR count). The molecule has 0 unspecified atom stereocenters. The molecule has 0 spiro atoms. The van der Waals surface area contributed by atoms with Crippen molar-refractivity contribution >= 4 is 11.4 Å². The molecule has 1 amide bonds. The van der Waals surface area contributed by atoms with Gasteiger partial charge in [-0.15, -0.1) is 0 Å². The van der Waals surface area contributed by atoms with E-state index in [0.29, 0.717) is 12.2 Å². The Morgan fingerprint density at radius 1 is 1.15 bits per heavy atom. The van der Waals surface area contributed by atoms with Crippen LogP contribution < -0.4 is 5.32 Å². The van der Waals surface area contributed by atoms with Crippen molar-refractivity contribution in [1.82, 2.24) is 14.7 Å². The molecule has 2 heterocycles. The van der Waals surface area contributed by atoms with Crippen LogP contribution in [0, 0.1) is 0 Å². The summed E-state index contributed by atoms with van der Waals surface area (Å²) in [4.78, 5) is 16.8. The fourth-order valence-electron chi connectivity index (χ4n) is 3.52. The fraction of sp³-hybridized carbons (Fsp3) is 0.364. The second kappa shape index (κ2) is 5.97. The molecular weight excluding hydrogens is 322 g/mol. The van der Waals surface area contributed by atoms with Gasteiger partial charge in [-0.25, -0.2) is 4.98 Å². The summed E-state index contributed by atoms with van der Waals surface area (Å²) in [6.45, 7) is 7.36. The van der Waals surface area contributed by atoms with E-state index in [-0.39, 0.29) is 16.7 Å². The number of nitrogens with one attached hydrogen (secondary N) is 1. The lowest BCUT2D eigenvalue weighted by Crippen LogP contribution is -2.33. The van der Waals surface area contributed by atoms with Gasteiger partial charge in [0.05, 0.1) is 18.0 Å². The van der Waals surface area contributed by atoms with Crippen molar-refractivity contribution in [2.45, 2.75) is 44.4 Å². The Balaban J connectivity index is 1.49. The van der Waals surface area contributed by atoms with Crippen molar-refractivity contribution in [3.8, 4) is 0 Å². The Morgan fingerprint density at radius 2 is 1.88 bits per heavy atom. The highest BCUT2D eigenvalue weighted by Gasteiger charge is 2.44. The predicted molar refractivity (Wildman–Crippen MR) is 104 cm³/mol. The first-order valence-electron chi connectivity index (χ1n) is 9.19. The summed E-state index contributed by atoms with van der Waals surface area (Å²) in [7, 11) is 0. The molecule has 1 aromatic carbocycles. The summed E-state index contributed by atoms with van der Waals surface area (Å²) in [5.41, 5.74) is 4.47. The smallest absolute Gasteiger partial charge is 0.268 e. The lowest BCUT2D eigenvalue weighted by molar-refractivity contribution is 0.0943. The zero-order chi connectivity index (χ0) is 18.4. The molecule has 2 aromatic heterocycles. The number of carbonyl (C=O) groups is 1. The first-order valence-corrected chi connectivity index (χ1v) is 9.19. The second-order valence-corrected chi connectivity index (χ2v) is 8.39. The highest BCUT2D eigenvalue weighted by Crippen LogP contribution is 2.48. The van der Waals surface area contributed by atoms with Crippen molar-refractivity contribution in [2.24, 2.45) is 0 Å². The van der Waals surface area contributed by atoms with E-state index in [4.69, 9.17) is 0 Å². The number of aromatic nitrogens is 2. The molecule has 4 heteroatoms. The number of imidazole rings is 1. The van der Waals surface area contributed by atoms with Crippen molar-refractivity contribution in [3.63, 3.8) is 0 Å². The standard InChI is InChI=1S/C22H25N3O/c1-21(2,3)16-7-9-17(10-8-16)22(11-12-22)14-24-20(26)19-6-4-5-18-13-23-15-25(18)19/h4-10,13,15H,11-12,14H2,1-3H3,(H,24,26). The molecule has 134 valence electrons. The van der Waals surface area contributed by atoms with Crippen LogP contribution in [0.4, 0.5) is 0 Å². The maximum atomic E-state index is 12.7. The molecule has 4 nitrogen and oxygen atoms in total. The fourth-order valence-corrected chi connectivity index (χ4v) is 3.52. The predicted octanol–water partition coefficient (Wildman–Crippen LogP) is 4.09. The quantitative estimate of drug-likeness (QED) is 0.772. The molecule has 0 saturated heterocycles. The average molecular weight is 347 g/mol. The van der Waals surface area contributed by atoms with E-state index in [0.717, 1.165) is 18.4 Å². The molecule has 3 aromatic rings. The first-order chi connectivity index (χ1) is 12.4. The van der Waals surface area contributed by atoms with E-state index >= 15 is 0 Å². The van der Waals surface area contributed by atoms with E-state index in [2.05, 4.69) is 55.3 Å². The van der Waals surface area contributed by atoms with Crippen molar-refractivity contribution in [3.05, 3.63) is 71.8 Å². The van der Waals surface area contributed by atoms with Gasteiger partial charge in [-0.05, 0) is 41.5 Å². The third kappa shape index (κ3) is 3.00. The van der Waals surface area contributed by atoms with Gasteiger partial charge < -0.3 is 5.32 Å². The van der Waals surface area contributed by atoms with E-state index in [1.807, 2.05) is 22.6 Å². The molecule has 0 atom stereocenters. The normalized spacial score (nSPS) is 15.8. The van der Waals surface area contributed by atoms with Crippen molar-refractivity contribution in [1.29, 1.82) is 0 Å². The van der Waals surface area contributed by atoms with E-state index < -0.39 is 0 Å². The number of pyridine rings is 1.